The van der Waals surface area contributed by atoms with Crippen molar-refractivity contribution < 1.29 is 10.0 Å². The SMILES string of the molecule is Cc1ccc([N+](=O)[O-])cc1-c1nc(O)c(Br)c(=O)[nH]1. The van der Waals surface area contributed by atoms with Gasteiger partial charge in [0.05, 0.1) is 4.92 Å². The van der Waals surface area contributed by atoms with E-state index in [1.807, 2.05) is 0 Å². The minimum absolute atomic E-state index is 0.0758. The van der Waals surface area contributed by atoms with Gasteiger partial charge >= 0.3 is 0 Å². The molecule has 0 spiro atoms. The topological polar surface area (TPSA) is 109 Å². The zero-order chi connectivity index (χ0) is 14.2. The second-order valence-electron chi connectivity index (χ2n) is 3.81. The van der Waals surface area contributed by atoms with Crippen molar-refractivity contribution in [2.24, 2.45) is 0 Å². The lowest BCUT2D eigenvalue weighted by molar-refractivity contribution is -0.384. The van der Waals surface area contributed by atoms with Crippen LogP contribution < -0.4 is 5.56 Å². The van der Waals surface area contributed by atoms with Crippen molar-refractivity contribution in [2.45, 2.75) is 6.92 Å². The van der Waals surface area contributed by atoms with Gasteiger partial charge in [0.25, 0.3) is 11.2 Å². The molecule has 1 heterocycles. The minimum atomic E-state index is -0.562. The van der Waals surface area contributed by atoms with Crippen LogP contribution in [0.25, 0.3) is 11.4 Å². The van der Waals surface area contributed by atoms with E-state index in [-0.39, 0.29) is 16.0 Å². The van der Waals surface area contributed by atoms with Crippen molar-refractivity contribution >= 4 is 21.6 Å². The smallest absolute Gasteiger partial charge is 0.270 e. The quantitative estimate of drug-likeness (QED) is 0.649. The van der Waals surface area contributed by atoms with Crippen LogP contribution in [0.2, 0.25) is 0 Å². The summed E-state index contributed by atoms with van der Waals surface area (Å²) in [6, 6.07) is 4.20. The number of aromatic nitrogens is 2. The number of nitrogens with one attached hydrogen (secondary N) is 1. The fraction of sp³-hybridized carbons (Fsp3) is 0.0909. The number of rotatable bonds is 2. The normalized spacial score (nSPS) is 10.4. The van der Waals surface area contributed by atoms with E-state index in [9.17, 15) is 20.0 Å². The Kier molecular flexibility index (Phi) is 3.34. The molecule has 0 radical (unpaired) electrons. The number of H-pyrrole nitrogens is 1. The molecule has 0 saturated heterocycles. The number of nitro groups is 1. The van der Waals surface area contributed by atoms with E-state index in [0.717, 1.165) is 0 Å². The van der Waals surface area contributed by atoms with Gasteiger partial charge in [0.2, 0.25) is 5.88 Å². The Balaban J connectivity index is 2.68. The van der Waals surface area contributed by atoms with E-state index >= 15 is 0 Å². The molecule has 0 saturated carbocycles. The Labute approximate surface area is 115 Å². The summed E-state index contributed by atoms with van der Waals surface area (Å²) in [5.41, 5.74) is 0.392. The lowest BCUT2D eigenvalue weighted by Gasteiger charge is -2.06. The van der Waals surface area contributed by atoms with E-state index in [1.165, 1.54) is 12.1 Å². The first-order valence-corrected chi connectivity index (χ1v) is 5.93. The van der Waals surface area contributed by atoms with Crippen LogP contribution >= 0.6 is 15.9 Å². The molecule has 98 valence electrons. The van der Waals surface area contributed by atoms with Gasteiger partial charge in [-0.3, -0.25) is 14.9 Å². The predicted octanol–water partition coefficient (Wildman–Crippen LogP) is 2.12. The molecule has 0 aliphatic carbocycles. The molecule has 2 aromatic rings. The fourth-order valence-corrected chi connectivity index (χ4v) is 1.74. The molecular weight excluding hydrogens is 318 g/mol. The Bertz CT molecular complexity index is 726. The first-order valence-electron chi connectivity index (χ1n) is 5.14. The zero-order valence-electron chi connectivity index (χ0n) is 9.68. The van der Waals surface area contributed by atoms with E-state index in [1.54, 1.807) is 13.0 Å². The summed E-state index contributed by atoms with van der Waals surface area (Å²) in [5, 5.41) is 20.2. The van der Waals surface area contributed by atoms with E-state index in [0.29, 0.717) is 11.1 Å². The Morgan fingerprint density at radius 1 is 1.47 bits per heavy atom. The number of aromatic amines is 1. The molecule has 0 aliphatic heterocycles. The van der Waals surface area contributed by atoms with Crippen molar-refractivity contribution in [3.63, 3.8) is 0 Å². The number of non-ortho nitro benzene ring substituents is 1. The molecule has 0 fully saturated rings. The predicted molar refractivity (Wildman–Crippen MR) is 71.0 cm³/mol. The number of aryl methyl sites for hydroxylation is 1. The van der Waals surface area contributed by atoms with Crippen LogP contribution in [0.4, 0.5) is 5.69 Å². The maximum atomic E-state index is 11.5. The van der Waals surface area contributed by atoms with E-state index < -0.39 is 16.4 Å². The molecule has 0 bridgehead atoms. The lowest BCUT2D eigenvalue weighted by Crippen LogP contribution is -2.10. The standard InChI is InChI=1S/C11H8BrN3O4/c1-5-2-3-6(15(18)19)4-7(5)9-13-10(16)8(12)11(17)14-9/h2-4H,1H3,(H2,13,14,16,17). The molecule has 0 amide bonds. The van der Waals surface area contributed by atoms with Gasteiger partial charge in [0, 0.05) is 17.7 Å². The highest BCUT2D eigenvalue weighted by Gasteiger charge is 2.14. The van der Waals surface area contributed by atoms with Crippen LogP contribution in [0, 0.1) is 17.0 Å². The highest BCUT2D eigenvalue weighted by atomic mass is 79.9. The van der Waals surface area contributed by atoms with Crippen LogP contribution in [-0.2, 0) is 0 Å². The van der Waals surface area contributed by atoms with Crippen LogP contribution in [0.3, 0.4) is 0 Å². The first-order chi connectivity index (χ1) is 8.90. The molecule has 2 N–H and O–H groups in total. The highest BCUT2D eigenvalue weighted by Crippen LogP contribution is 2.26. The van der Waals surface area contributed by atoms with Crippen molar-refractivity contribution in [1.29, 1.82) is 0 Å². The number of nitro benzene ring substituents is 1. The van der Waals surface area contributed by atoms with Gasteiger partial charge in [-0.25, -0.2) is 0 Å². The van der Waals surface area contributed by atoms with Gasteiger partial charge in [0.1, 0.15) is 10.3 Å². The largest absolute Gasteiger partial charge is 0.492 e. The molecule has 0 aliphatic rings. The second kappa shape index (κ2) is 4.81. The van der Waals surface area contributed by atoms with E-state index in [2.05, 4.69) is 25.9 Å². The van der Waals surface area contributed by atoms with Crippen LogP contribution in [0.1, 0.15) is 5.56 Å². The van der Waals surface area contributed by atoms with Crippen molar-refractivity contribution in [3.8, 4) is 17.3 Å². The average molecular weight is 326 g/mol. The molecule has 19 heavy (non-hydrogen) atoms. The molecule has 1 aromatic heterocycles. The molecule has 8 heteroatoms. The monoisotopic (exact) mass is 325 g/mol. The summed E-state index contributed by atoms with van der Waals surface area (Å²) in [7, 11) is 0. The number of benzene rings is 1. The molecular formula is C11H8BrN3O4. The number of halogens is 1. The van der Waals surface area contributed by atoms with Gasteiger partial charge in [-0.2, -0.15) is 4.98 Å². The van der Waals surface area contributed by atoms with Crippen LogP contribution in [0.15, 0.2) is 27.5 Å². The molecule has 0 atom stereocenters. The van der Waals surface area contributed by atoms with Crippen molar-refractivity contribution in [3.05, 3.63) is 48.7 Å². The summed E-state index contributed by atoms with van der Waals surface area (Å²) < 4.78 is -0.0840. The van der Waals surface area contributed by atoms with Gasteiger partial charge < -0.3 is 10.1 Å². The molecule has 7 nitrogen and oxygen atoms in total. The van der Waals surface area contributed by atoms with Crippen LogP contribution in [-0.4, -0.2) is 20.0 Å². The Morgan fingerprint density at radius 3 is 2.74 bits per heavy atom. The summed E-state index contributed by atoms with van der Waals surface area (Å²) in [5.74, 6) is -0.392. The zero-order valence-corrected chi connectivity index (χ0v) is 11.3. The highest BCUT2D eigenvalue weighted by molar-refractivity contribution is 9.10. The number of hydrogen-bond acceptors (Lipinski definition) is 5. The summed E-state index contributed by atoms with van der Waals surface area (Å²) in [6.07, 6.45) is 0. The number of nitrogens with zero attached hydrogens (tertiary/aromatic N) is 2. The van der Waals surface area contributed by atoms with Gasteiger partial charge in [-0.1, -0.05) is 6.07 Å². The third kappa shape index (κ3) is 2.48. The molecule has 1 aromatic carbocycles. The summed E-state index contributed by atoms with van der Waals surface area (Å²) in [6.45, 7) is 1.72. The summed E-state index contributed by atoms with van der Waals surface area (Å²) >= 11 is 2.88. The third-order valence-electron chi connectivity index (χ3n) is 2.53. The maximum Gasteiger partial charge on any atom is 0.270 e. The van der Waals surface area contributed by atoms with Gasteiger partial charge in [-0.05, 0) is 28.4 Å². The average Bonchev–Trinajstić information content (AvgIpc) is 2.35. The lowest BCUT2D eigenvalue weighted by atomic mass is 10.1. The maximum absolute atomic E-state index is 11.5. The fourth-order valence-electron chi connectivity index (χ4n) is 1.55. The second-order valence-corrected chi connectivity index (χ2v) is 4.60. The van der Waals surface area contributed by atoms with Gasteiger partial charge in [0.15, 0.2) is 0 Å². The molecule has 0 unspecified atom stereocenters. The molecule has 2 rings (SSSR count). The Hall–Kier alpha value is -2.22. The van der Waals surface area contributed by atoms with E-state index in [4.69, 9.17) is 0 Å². The summed E-state index contributed by atoms with van der Waals surface area (Å²) in [4.78, 5) is 28.0. The number of aromatic hydroxyl groups is 1. The van der Waals surface area contributed by atoms with Crippen LogP contribution in [0.5, 0.6) is 5.88 Å². The minimum Gasteiger partial charge on any atom is -0.492 e. The Morgan fingerprint density at radius 2 is 2.16 bits per heavy atom. The third-order valence-corrected chi connectivity index (χ3v) is 3.25. The first kappa shape index (κ1) is 13.2. The van der Waals surface area contributed by atoms with Gasteiger partial charge in [-0.15, -0.1) is 0 Å². The van der Waals surface area contributed by atoms with Crippen molar-refractivity contribution in [2.75, 3.05) is 0 Å². The number of hydrogen-bond donors (Lipinski definition) is 2. The van der Waals surface area contributed by atoms with Crippen molar-refractivity contribution in [1.82, 2.24) is 9.97 Å².